The molecule has 0 saturated heterocycles. The molecular formula is C76H61N4OP4+. The molecule has 410 valence electrons. The van der Waals surface area contributed by atoms with Gasteiger partial charge in [0.1, 0.15) is 21.6 Å². The largest absolute Gasteiger partial charge is 0.271 e. The highest BCUT2D eigenvalue weighted by molar-refractivity contribution is 7.95. The minimum Gasteiger partial charge on any atom is -0.267 e. The van der Waals surface area contributed by atoms with Crippen LogP contribution >= 0.6 is 28.6 Å². The Morgan fingerprint density at radius 3 is 0.659 bits per heavy atom. The Morgan fingerprint density at radius 1 is 0.247 bits per heavy atom. The molecule has 0 fully saturated rings. The molecule has 0 bridgehead atoms. The number of rotatable bonds is 16. The zero-order valence-corrected chi connectivity index (χ0v) is 50.3. The Labute approximate surface area is 500 Å². The maximum absolute atomic E-state index is 16.8. The van der Waals surface area contributed by atoms with Gasteiger partial charge in [0, 0.05) is 53.8 Å². The lowest BCUT2D eigenvalue weighted by Gasteiger charge is -2.30. The zero-order chi connectivity index (χ0) is 57.6. The first kappa shape index (κ1) is 56.3. The van der Waals surface area contributed by atoms with Crippen molar-refractivity contribution in [3.8, 4) is 0 Å². The van der Waals surface area contributed by atoms with E-state index in [-0.39, 0.29) is 0 Å². The first-order valence-electron chi connectivity index (χ1n) is 28.3. The second-order valence-electron chi connectivity index (χ2n) is 20.2. The van der Waals surface area contributed by atoms with Gasteiger partial charge in [-0.1, -0.05) is 332 Å². The Bertz CT molecular complexity index is 3990. The highest BCUT2D eigenvalue weighted by Crippen LogP contribution is 2.59. The Morgan fingerprint density at radius 2 is 0.435 bits per heavy atom. The number of amides is 1. The van der Waals surface area contributed by atoms with Gasteiger partial charge in [0.15, 0.2) is 0 Å². The molecule has 9 heteroatoms. The van der Waals surface area contributed by atoms with Gasteiger partial charge in [-0.3, -0.25) is 4.79 Å². The molecular weight excluding hydrogens is 1110 g/mol. The molecule has 5 nitrogen and oxygen atoms in total. The smallest absolute Gasteiger partial charge is 0.267 e. The van der Waals surface area contributed by atoms with Crippen LogP contribution < -0.4 is 63.7 Å². The molecule has 0 atom stereocenters. The summed E-state index contributed by atoms with van der Waals surface area (Å²) >= 11 is 0. The van der Waals surface area contributed by atoms with Crippen LogP contribution in [0.4, 0.5) is 0 Å². The number of hydrogen-bond acceptors (Lipinski definition) is 3. The predicted octanol–water partition coefficient (Wildman–Crippen LogP) is 14.2. The number of amidine groups is 1. The van der Waals surface area contributed by atoms with Gasteiger partial charge >= 0.3 is 0 Å². The summed E-state index contributed by atoms with van der Waals surface area (Å²) < 4.78 is 25.2. The van der Waals surface area contributed by atoms with E-state index < -0.39 is 34.5 Å². The summed E-state index contributed by atoms with van der Waals surface area (Å²) in [4.78, 5) is 16.8. The first-order valence-corrected chi connectivity index (χ1v) is 35.3. The van der Waals surface area contributed by atoms with Gasteiger partial charge in [0.25, 0.3) is 5.91 Å². The van der Waals surface area contributed by atoms with E-state index in [1.807, 2.05) is 72.8 Å². The molecule has 0 aliphatic rings. The van der Waals surface area contributed by atoms with Gasteiger partial charge in [-0.25, -0.2) is 14.2 Å². The molecule has 0 unspecified atom stereocenters. The van der Waals surface area contributed by atoms with E-state index in [0.29, 0.717) is 11.5 Å². The number of carbonyl (C=O) groups is 1. The first-order chi connectivity index (χ1) is 42.0. The zero-order valence-electron chi connectivity index (χ0n) is 46.7. The van der Waals surface area contributed by atoms with Crippen molar-refractivity contribution in [2.24, 2.45) is 19.0 Å². The van der Waals surface area contributed by atoms with Gasteiger partial charge in [-0.05, 0) is 36.4 Å². The van der Waals surface area contributed by atoms with Crippen LogP contribution in [-0.4, -0.2) is 11.7 Å². The molecule has 12 rings (SSSR count). The quantitative estimate of drug-likeness (QED) is 0.0411. The Hall–Kier alpha value is -9.16. The Kier molecular flexibility index (Phi) is 17.4. The fourth-order valence-corrected chi connectivity index (χ4v) is 25.2. The van der Waals surface area contributed by atoms with E-state index in [0.717, 1.165) is 63.7 Å². The summed E-state index contributed by atoms with van der Waals surface area (Å²) in [6, 6.07) is 126. The molecule has 12 aromatic rings. The maximum atomic E-state index is 16.8. The molecule has 0 aliphatic heterocycles. The van der Waals surface area contributed by atoms with Crippen LogP contribution in [0.25, 0.3) is 0 Å². The van der Waals surface area contributed by atoms with E-state index in [9.17, 15) is 0 Å². The third-order valence-electron chi connectivity index (χ3n) is 15.0. The second-order valence-corrected chi connectivity index (χ2v) is 32.2. The van der Waals surface area contributed by atoms with Crippen LogP contribution in [0, 0.1) is 0 Å². The molecule has 0 heterocycles. The average molecular weight is 1170 g/mol. The summed E-state index contributed by atoms with van der Waals surface area (Å²) in [5.41, 5.74) is 0.310. The molecule has 0 spiro atoms. The summed E-state index contributed by atoms with van der Waals surface area (Å²) in [5, 5.41) is 11.9. The topological polar surface area (TPSA) is 66.5 Å². The third kappa shape index (κ3) is 11.4. The van der Waals surface area contributed by atoms with Gasteiger partial charge in [0.2, 0.25) is 13.2 Å². The number of benzene rings is 12. The van der Waals surface area contributed by atoms with Crippen molar-refractivity contribution in [1.82, 2.24) is 0 Å². The lowest BCUT2D eigenvalue weighted by molar-refractivity contribution is -0.113. The average Bonchev–Trinajstić information content (AvgIpc) is 3.37. The molecule has 0 aromatic heterocycles. The lowest BCUT2D eigenvalue weighted by Crippen LogP contribution is -2.31. The van der Waals surface area contributed by atoms with Gasteiger partial charge in [-0.15, -0.1) is 0 Å². The third-order valence-corrected chi connectivity index (χ3v) is 29.6. The van der Waals surface area contributed by atoms with Crippen molar-refractivity contribution < 1.29 is 4.79 Å². The van der Waals surface area contributed by atoms with Crippen LogP contribution in [-0.2, 0) is 4.79 Å². The van der Waals surface area contributed by atoms with E-state index in [1.165, 1.54) is 0 Å². The molecule has 1 amide bonds. The second kappa shape index (κ2) is 26.2. The summed E-state index contributed by atoms with van der Waals surface area (Å²) in [7, 11) is -12.9. The van der Waals surface area contributed by atoms with Crippen LogP contribution in [0.3, 0.4) is 0 Å². The number of hydrogen-bond donors (Lipinski definition) is 0. The molecule has 12 aromatic carbocycles. The van der Waals surface area contributed by atoms with Gasteiger partial charge in [-0.2, -0.15) is 0 Å². The maximum Gasteiger partial charge on any atom is 0.271 e. The van der Waals surface area contributed by atoms with E-state index in [1.54, 1.807) is 6.08 Å². The number of nitrogens with zero attached hydrogens (tertiary/aromatic N) is 4. The highest BCUT2D eigenvalue weighted by Gasteiger charge is 2.48. The van der Waals surface area contributed by atoms with Crippen LogP contribution in [0.15, 0.2) is 395 Å². The molecule has 0 N–H and O–H groups in total. The van der Waals surface area contributed by atoms with Gasteiger partial charge < -0.3 is 0 Å². The SMILES string of the molecule is O=C(/C=C(\N=P(c1ccccc1)(c1ccccc1)c1ccccc1)C(=N[P+](c1ccccc1)(c1ccccc1)c1ccccc1)N=P(c1ccccc1)(c1ccccc1)c1ccccc1)N=P(c1ccccc1)(c1ccccc1)c1ccccc1. The fraction of sp³-hybridized carbons (Fsp3) is 0. The number of carbonyl (C=O) groups excluding carboxylic acids is 1. The summed E-state index contributed by atoms with van der Waals surface area (Å²) in [5.74, 6) is -0.140. The minimum atomic E-state index is -3.25. The fourth-order valence-electron chi connectivity index (χ4n) is 11.2. The summed E-state index contributed by atoms with van der Waals surface area (Å²) in [6.07, 6.45) is 1.68. The van der Waals surface area contributed by atoms with Crippen molar-refractivity contribution in [2.75, 3.05) is 0 Å². The van der Waals surface area contributed by atoms with Crippen molar-refractivity contribution in [1.29, 1.82) is 0 Å². The van der Waals surface area contributed by atoms with Crippen LogP contribution in [0.2, 0.25) is 0 Å². The summed E-state index contributed by atoms with van der Waals surface area (Å²) in [6.45, 7) is 0. The highest BCUT2D eigenvalue weighted by atomic mass is 31.2. The van der Waals surface area contributed by atoms with Crippen molar-refractivity contribution in [2.45, 2.75) is 0 Å². The lowest BCUT2D eigenvalue weighted by atomic mass is 10.3. The van der Waals surface area contributed by atoms with Crippen molar-refractivity contribution >= 4 is 104 Å². The molecule has 0 radical (unpaired) electrons. The molecule has 0 saturated carbocycles. The standard InChI is InChI=1S/C76H61N4OP4/c81-75(78-83(65-43-19-4-20-44-65,66-45-21-5-22-46-66)67-47-23-6-24-48-67)61-74(77-82(62-37-13-1-14-38-62,63-39-15-2-16-40-63)64-41-17-3-18-42-64)76(79-84(68-49-25-7-26-50-68,69-51-27-8-28-52-69)70-53-29-9-30-54-70)80-85(71-55-31-10-32-56-71,72-57-33-11-34-58-72)73-59-35-12-36-60-73/h1-61H/q+1/b74-61-,79-76?. The normalized spacial score (nSPS) is 12.2. The monoisotopic (exact) mass is 1170 g/mol. The molecule has 0 aliphatic carbocycles. The van der Waals surface area contributed by atoms with Crippen molar-refractivity contribution in [3.63, 3.8) is 0 Å². The van der Waals surface area contributed by atoms with E-state index in [4.69, 9.17) is 19.0 Å². The minimum absolute atomic E-state index is 0.310. The molecule has 85 heavy (non-hydrogen) atoms. The van der Waals surface area contributed by atoms with Gasteiger partial charge in [0.05, 0.1) is 21.2 Å². The predicted molar refractivity (Wildman–Crippen MR) is 368 cm³/mol. The Balaban J connectivity index is 1.36. The van der Waals surface area contributed by atoms with Crippen LogP contribution in [0.5, 0.6) is 0 Å². The van der Waals surface area contributed by atoms with Crippen molar-refractivity contribution in [3.05, 3.63) is 376 Å². The van der Waals surface area contributed by atoms with Crippen LogP contribution in [0.1, 0.15) is 0 Å². The van der Waals surface area contributed by atoms with E-state index in [2.05, 4.69) is 291 Å². The van der Waals surface area contributed by atoms with E-state index >= 15 is 4.79 Å².